The summed E-state index contributed by atoms with van der Waals surface area (Å²) in [4.78, 5) is 8.49. The average Bonchev–Trinajstić information content (AvgIpc) is 2.07. The van der Waals surface area contributed by atoms with Crippen LogP contribution in [0.15, 0.2) is 22.7 Å². The third-order valence-corrected chi connectivity index (χ3v) is 2.22. The molecule has 1 atom stereocenters. The highest BCUT2D eigenvalue weighted by Crippen LogP contribution is 2.29. The Morgan fingerprint density at radius 2 is 2.23 bits per heavy atom. The van der Waals surface area contributed by atoms with Crippen molar-refractivity contribution >= 4 is 24.2 Å². The number of hydrogen-bond acceptors (Lipinski definition) is 3. The molecular formula is C7H7BrO4P+. The third kappa shape index (κ3) is 3.04. The second kappa shape index (κ2) is 4.67. The van der Waals surface area contributed by atoms with E-state index in [1.807, 2.05) is 0 Å². The minimum Gasteiger partial charge on any atom is -0.392 e. The van der Waals surface area contributed by atoms with Crippen LogP contribution in [-0.2, 0) is 11.2 Å². The van der Waals surface area contributed by atoms with Crippen LogP contribution in [0.2, 0.25) is 0 Å². The quantitative estimate of drug-likeness (QED) is 0.821. The summed E-state index contributed by atoms with van der Waals surface area (Å²) >= 11 is 3.20. The van der Waals surface area contributed by atoms with Crippen molar-refractivity contribution in [2.45, 2.75) is 6.61 Å². The predicted molar refractivity (Wildman–Crippen MR) is 50.5 cm³/mol. The van der Waals surface area contributed by atoms with Gasteiger partial charge in [0.15, 0.2) is 5.75 Å². The highest BCUT2D eigenvalue weighted by atomic mass is 79.9. The SMILES string of the molecule is O=[P+](O)Oc1ccc(Br)cc1CO. The molecule has 1 aromatic carbocycles. The zero-order chi connectivity index (χ0) is 9.84. The van der Waals surface area contributed by atoms with Crippen molar-refractivity contribution in [3.05, 3.63) is 28.2 Å². The maximum absolute atomic E-state index is 10.4. The van der Waals surface area contributed by atoms with Crippen LogP contribution in [0.1, 0.15) is 5.56 Å². The number of rotatable bonds is 3. The van der Waals surface area contributed by atoms with Crippen LogP contribution < -0.4 is 4.52 Å². The smallest absolute Gasteiger partial charge is 0.392 e. The molecule has 2 N–H and O–H groups in total. The van der Waals surface area contributed by atoms with Crippen LogP contribution >= 0.6 is 24.2 Å². The Kier molecular flexibility index (Phi) is 3.81. The molecule has 0 aliphatic heterocycles. The molecule has 1 aromatic rings. The zero-order valence-corrected chi connectivity index (χ0v) is 8.96. The van der Waals surface area contributed by atoms with E-state index in [1.165, 1.54) is 6.07 Å². The highest BCUT2D eigenvalue weighted by molar-refractivity contribution is 9.10. The molecule has 0 aromatic heterocycles. The molecule has 6 heteroatoms. The Bertz CT molecular complexity index is 328. The highest BCUT2D eigenvalue weighted by Gasteiger charge is 2.17. The number of halogens is 1. The first-order valence-corrected chi connectivity index (χ1v) is 5.29. The Morgan fingerprint density at radius 3 is 2.77 bits per heavy atom. The summed E-state index contributed by atoms with van der Waals surface area (Å²) in [7, 11) is -2.68. The van der Waals surface area contributed by atoms with Crippen LogP contribution in [0.5, 0.6) is 5.75 Å². The molecule has 0 aliphatic rings. The minimum atomic E-state index is -2.68. The Labute approximate surface area is 84.2 Å². The summed E-state index contributed by atoms with van der Waals surface area (Å²) in [6.07, 6.45) is 0. The van der Waals surface area contributed by atoms with E-state index in [0.29, 0.717) is 5.56 Å². The molecule has 1 unspecified atom stereocenters. The number of aliphatic hydroxyl groups excluding tert-OH is 1. The number of benzene rings is 1. The lowest BCUT2D eigenvalue weighted by Gasteiger charge is -2.00. The second-order valence-electron chi connectivity index (χ2n) is 2.24. The van der Waals surface area contributed by atoms with Gasteiger partial charge in [-0.05, 0) is 18.2 Å². The van der Waals surface area contributed by atoms with E-state index in [4.69, 9.17) is 10.00 Å². The standard InChI is InChI=1S/C7H6BrO4P/c8-6-1-2-7(12-13(10)11)5(3-6)4-9/h1-3,9H,4H2/p+1. The topological polar surface area (TPSA) is 66.8 Å². The fourth-order valence-electron chi connectivity index (χ4n) is 0.845. The molecule has 0 heterocycles. The van der Waals surface area contributed by atoms with Crippen molar-refractivity contribution in [2.24, 2.45) is 0 Å². The van der Waals surface area contributed by atoms with E-state index in [2.05, 4.69) is 20.5 Å². The third-order valence-electron chi connectivity index (χ3n) is 1.37. The Morgan fingerprint density at radius 1 is 1.54 bits per heavy atom. The summed E-state index contributed by atoms with van der Waals surface area (Å²) in [5.41, 5.74) is 0.465. The van der Waals surface area contributed by atoms with E-state index >= 15 is 0 Å². The minimum absolute atomic E-state index is 0.217. The summed E-state index contributed by atoms with van der Waals surface area (Å²) in [6, 6.07) is 4.79. The van der Waals surface area contributed by atoms with Gasteiger partial charge < -0.3 is 5.11 Å². The summed E-state index contributed by atoms with van der Waals surface area (Å²) < 4.78 is 15.7. The van der Waals surface area contributed by atoms with Gasteiger partial charge >= 0.3 is 8.25 Å². The Balaban J connectivity index is 2.99. The van der Waals surface area contributed by atoms with Crippen molar-refractivity contribution < 1.29 is 19.1 Å². The van der Waals surface area contributed by atoms with Crippen LogP contribution in [0.25, 0.3) is 0 Å². The van der Waals surface area contributed by atoms with E-state index in [9.17, 15) is 4.57 Å². The molecule has 0 aliphatic carbocycles. The summed E-state index contributed by atoms with van der Waals surface area (Å²) in [5.74, 6) is 0.217. The van der Waals surface area contributed by atoms with Crippen molar-refractivity contribution in [3.8, 4) is 5.75 Å². The second-order valence-corrected chi connectivity index (χ2v) is 3.81. The first-order chi connectivity index (χ1) is 6.13. The van der Waals surface area contributed by atoms with Gasteiger partial charge in [-0.25, -0.2) is 4.52 Å². The van der Waals surface area contributed by atoms with Crippen molar-refractivity contribution in [3.63, 3.8) is 0 Å². The van der Waals surface area contributed by atoms with Gasteiger partial charge in [0.2, 0.25) is 0 Å². The first kappa shape index (κ1) is 10.6. The lowest BCUT2D eigenvalue weighted by Crippen LogP contribution is -1.89. The van der Waals surface area contributed by atoms with Crippen LogP contribution in [-0.4, -0.2) is 10.00 Å². The van der Waals surface area contributed by atoms with Crippen molar-refractivity contribution in [1.29, 1.82) is 0 Å². The van der Waals surface area contributed by atoms with Gasteiger partial charge in [0.25, 0.3) is 0 Å². The molecule has 0 saturated heterocycles. The van der Waals surface area contributed by atoms with Gasteiger partial charge in [-0.15, -0.1) is 4.89 Å². The Hall–Kier alpha value is -0.480. The average molecular weight is 266 g/mol. The lowest BCUT2D eigenvalue weighted by molar-refractivity contribution is 0.277. The molecule has 0 fully saturated rings. The monoisotopic (exact) mass is 265 g/mol. The molecule has 4 nitrogen and oxygen atoms in total. The maximum atomic E-state index is 10.4. The summed E-state index contributed by atoms with van der Waals surface area (Å²) in [6.45, 7) is -0.238. The number of hydrogen-bond donors (Lipinski definition) is 2. The van der Waals surface area contributed by atoms with Gasteiger partial charge in [0, 0.05) is 14.6 Å². The van der Waals surface area contributed by atoms with Gasteiger partial charge in [0.05, 0.1) is 6.61 Å². The van der Waals surface area contributed by atoms with Gasteiger partial charge in [0.1, 0.15) is 0 Å². The summed E-state index contributed by atoms with van der Waals surface area (Å²) in [5, 5.41) is 8.88. The molecule has 0 bridgehead atoms. The van der Waals surface area contributed by atoms with Crippen molar-refractivity contribution in [2.75, 3.05) is 0 Å². The first-order valence-electron chi connectivity index (χ1n) is 3.37. The van der Waals surface area contributed by atoms with Crippen LogP contribution in [0, 0.1) is 0 Å². The largest absolute Gasteiger partial charge is 0.747 e. The zero-order valence-electron chi connectivity index (χ0n) is 6.48. The van der Waals surface area contributed by atoms with Gasteiger partial charge in [-0.3, -0.25) is 0 Å². The molecule has 1 rings (SSSR count). The van der Waals surface area contributed by atoms with Gasteiger partial charge in [-0.1, -0.05) is 15.9 Å². The van der Waals surface area contributed by atoms with E-state index < -0.39 is 8.25 Å². The molecular weight excluding hydrogens is 259 g/mol. The fourth-order valence-corrected chi connectivity index (χ4v) is 1.60. The van der Waals surface area contributed by atoms with Gasteiger partial charge in [-0.2, -0.15) is 0 Å². The van der Waals surface area contributed by atoms with E-state index in [1.54, 1.807) is 12.1 Å². The fraction of sp³-hybridized carbons (Fsp3) is 0.143. The van der Waals surface area contributed by atoms with E-state index in [-0.39, 0.29) is 12.4 Å². The van der Waals surface area contributed by atoms with Crippen molar-refractivity contribution in [1.82, 2.24) is 0 Å². The number of aliphatic hydroxyl groups is 1. The maximum Gasteiger partial charge on any atom is 0.747 e. The molecule has 0 amide bonds. The molecule has 0 spiro atoms. The van der Waals surface area contributed by atoms with Crippen LogP contribution in [0.3, 0.4) is 0 Å². The van der Waals surface area contributed by atoms with E-state index in [0.717, 1.165) is 4.47 Å². The lowest BCUT2D eigenvalue weighted by atomic mass is 10.2. The predicted octanol–water partition coefficient (Wildman–Crippen LogP) is 1.97. The molecule has 0 radical (unpaired) electrons. The molecule has 13 heavy (non-hydrogen) atoms. The normalized spacial score (nSPS) is 11.2. The molecule has 0 saturated carbocycles. The van der Waals surface area contributed by atoms with Crippen LogP contribution in [0.4, 0.5) is 0 Å². The molecule has 70 valence electrons.